The number of H-pyrrole nitrogens is 1. The van der Waals surface area contributed by atoms with Crippen LogP contribution in [0.3, 0.4) is 0 Å². The molecule has 0 spiro atoms. The third kappa shape index (κ3) is 1.67. The van der Waals surface area contributed by atoms with Crippen molar-refractivity contribution in [1.29, 1.82) is 0 Å². The van der Waals surface area contributed by atoms with Crippen LogP contribution in [0.4, 0.5) is 0 Å². The molecule has 3 nitrogen and oxygen atoms in total. The Bertz CT molecular complexity index is 223. The van der Waals surface area contributed by atoms with Crippen molar-refractivity contribution in [1.82, 2.24) is 10.2 Å². The van der Waals surface area contributed by atoms with Gasteiger partial charge in [0.2, 0.25) is 0 Å². The number of halogens is 2. The lowest BCUT2D eigenvalue weighted by molar-refractivity contribution is 0.703. The molecule has 0 radical (unpaired) electrons. The molecule has 3 N–H and O–H groups in total. The summed E-state index contributed by atoms with van der Waals surface area (Å²) >= 11 is 0. The normalized spacial score (nSPS) is 19.9. The number of hydrogen-bond acceptors (Lipinski definition) is 2. The van der Waals surface area contributed by atoms with Crippen molar-refractivity contribution in [2.45, 2.75) is 18.9 Å². The molecule has 0 amide bonds. The molecule has 0 fully saturated rings. The van der Waals surface area contributed by atoms with Crippen LogP contribution in [-0.4, -0.2) is 10.2 Å². The van der Waals surface area contributed by atoms with Crippen molar-refractivity contribution < 1.29 is 0 Å². The molecule has 1 aromatic heterocycles. The first-order chi connectivity index (χ1) is 4.38. The van der Waals surface area contributed by atoms with Crippen molar-refractivity contribution in [3.8, 4) is 0 Å². The van der Waals surface area contributed by atoms with E-state index >= 15 is 0 Å². The second-order valence-electron chi connectivity index (χ2n) is 2.45. The highest BCUT2D eigenvalue weighted by Crippen LogP contribution is 2.26. The number of nitrogens with two attached hydrogens (primary N) is 1. The lowest BCUT2D eigenvalue weighted by Gasteiger charge is -1.96. The highest BCUT2D eigenvalue weighted by atomic mass is 35.5. The molecule has 0 bridgehead atoms. The molecule has 0 saturated heterocycles. The first-order valence-corrected chi connectivity index (χ1v) is 3.15. The summed E-state index contributed by atoms with van der Waals surface area (Å²) in [6, 6.07) is 0.235. The van der Waals surface area contributed by atoms with Gasteiger partial charge in [0.1, 0.15) is 0 Å². The fourth-order valence-electron chi connectivity index (χ4n) is 1.30. The van der Waals surface area contributed by atoms with E-state index in [1.165, 1.54) is 11.3 Å². The first kappa shape index (κ1) is 10.8. The van der Waals surface area contributed by atoms with Crippen molar-refractivity contribution in [2.24, 2.45) is 5.73 Å². The van der Waals surface area contributed by atoms with E-state index in [0.717, 1.165) is 12.8 Å². The summed E-state index contributed by atoms with van der Waals surface area (Å²) in [5, 5.41) is 6.81. The van der Waals surface area contributed by atoms with E-state index in [1.54, 1.807) is 0 Å². The van der Waals surface area contributed by atoms with Gasteiger partial charge in [0.05, 0.1) is 6.20 Å². The number of hydrogen-bond donors (Lipinski definition) is 2. The van der Waals surface area contributed by atoms with Gasteiger partial charge in [-0.3, -0.25) is 5.10 Å². The van der Waals surface area contributed by atoms with Crippen LogP contribution < -0.4 is 5.73 Å². The third-order valence-corrected chi connectivity index (χ3v) is 1.86. The fraction of sp³-hybridized carbons (Fsp3) is 0.500. The topological polar surface area (TPSA) is 54.7 Å². The maximum absolute atomic E-state index is 5.73. The van der Waals surface area contributed by atoms with Gasteiger partial charge >= 0.3 is 0 Å². The summed E-state index contributed by atoms with van der Waals surface area (Å²) < 4.78 is 0. The smallest absolute Gasteiger partial charge is 0.0537 e. The third-order valence-electron chi connectivity index (χ3n) is 1.86. The van der Waals surface area contributed by atoms with Crippen LogP contribution >= 0.6 is 24.8 Å². The molecule has 5 heteroatoms. The fourth-order valence-corrected chi connectivity index (χ4v) is 1.30. The number of aromatic amines is 1. The number of fused-ring (bicyclic) bond motifs is 1. The minimum absolute atomic E-state index is 0. The Labute approximate surface area is 77.6 Å². The second-order valence-corrected chi connectivity index (χ2v) is 2.45. The molecule has 1 aromatic rings. The van der Waals surface area contributed by atoms with E-state index in [2.05, 4.69) is 10.2 Å². The number of aromatic nitrogens is 2. The lowest BCUT2D eigenvalue weighted by atomic mass is 10.2. The lowest BCUT2D eigenvalue weighted by Crippen LogP contribution is -2.03. The van der Waals surface area contributed by atoms with Crippen molar-refractivity contribution in [3.05, 3.63) is 17.5 Å². The number of rotatable bonds is 0. The van der Waals surface area contributed by atoms with Crippen molar-refractivity contribution in [3.63, 3.8) is 0 Å². The van der Waals surface area contributed by atoms with Gasteiger partial charge in [0.15, 0.2) is 0 Å². The Morgan fingerprint density at radius 2 is 2.27 bits per heavy atom. The summed E-state index contributed by atoms with van der Waals surface area (Å²) in [5.74, 6) is 0. The Hall–Kier alpha value is -0.250. The van der Waals surface area contributed by atoms with Gasteiger partial charge in [-0.15, -0.1) is 24.8 Å². The highest BCUT2D eigenvalue weighted by molar-refractivity contribution is 5.85. The van der Waals surface area contributed by atoms with Gasteiger partial charge < -0.3 is 5.73 Å². The summed E-state index contributed by atoms with van der Waals surface area (Å²) in [4.78, 5) is 0. The summed E-state index contributed by atoms with van der Waals surface area (Å²) in [6.07, 6.45) is 3.97. The maximum Gasteiger partial charge on any atom is 0.0537 e. The van der Waals surface area contributed by atoms with Crippen LogP contribution in [-0.2, 0) is 6.42 Å². The molecule has 0 aliphatic heterocycles. The van der Waals surface area contributed by atoms with Crippen LogP contribution in [0, 0.1) is 0 Å². The van der Waals surface area contributed by atoms with Crippen LogP contribution in [0.2, 0.25) is 0 Å². The number of nitrogens with zero attached hydrogens (tertiary/aromatic N) is 1. The molecule has 1 atom stereocenters. The van der Waals surface area contributed by atoms with Crippen LogP contribution in [0.1, 0.15) is 23.7 Å². The Morgan fingerprint density at radius 3 is 2.91 bits per heavy atom. The standard InChI is InChI=1S/C6H9N3.2ClH/c7-5-1-2-6-4(5)3-8-9-6;;/h3,5H,1-2,7H2,(H,8,9);2*1H. The average molecular weight is 196 g/mol. The quantitative estimate of drug-likeness (QED) is 0.654. The molecule has 11 heavy (non-hydrogen) atoms. The Balaban J connectivity index is 0.000000500. The zero-order valence-corrected chi connectivity index (χ0v) is 7.54. The predicted octanol–water partition coefficient (Wildman–Crippen LogP) is 1.20. The van der Waals surface area contributed by atoms with E-state index in [9.17, 15) is 0 Å². The molecular formula is C6H11Cl2N3. The van der Waals surface area contributed by atoms with Crippen LogP contribution in [0.5, 0.6) is 0 Å². The average Bonchev–Trinajstić information content (AvgIpc) is 2.35. The van der Waals surface area contributed by atoms with Crippen LogP contribution in [0.15, 0.2) is 6.20 Å². The largest absolute Gasteiger partial charge is 0.324 e. The summed E-state index contributed by atoms with van der Waals surface area (Å²) in [7, 11) is 0. The predicted molar refractivity (Wildman–Crippen MR) is 48.3 cm³/mol. The monoisotopic (exact) mass is 195 g/mol. The van der Waals surface area contributed by atoms with Gasteiger partial charge in [0, 0.05) is 17.3 Å². The molecular weight excluding hydrogens is 185 g/mol. The number of nitrogens with one attached hydrogen (secondary N) is 1. The molecule has 0 aromatic carbocycles. The van der Waals surface area contributed by atoms with Gasteiger partial charge in [0.25, 0.3) is 0 Å². The molecule has 1 aliphatic rings. The van der Waals surface area contributed by atoms with Crippen molar-refractivity contribution >= 4 is 24.8 Å². The van der Waals surface area contributed by atoms with E-state index < -0.39 is 0 Å². The zero-order chi connectivity index (χ0) is 6.27. The molecule has 64 valence electrons. The minimum atomic E-state index is 0. The SMILES string of the molecule is Cl.Cl.NC1CCc2[nH]ncc21. The molecule has 1 heterocycles. The summed E-state index contributed by atoms with van der Waals surface area (Å²) in [5.41, 5.74) is 8.16. The minimum Gasteiger partial charge on any atom is -0.324 e. The Morgan fingerprint density at radius 1 is 1.55 bits per heavy atom. The molecule has 0 saturated carbocycles. The second kappa shape index (κ2) is 3.95. The highest BCUT2D eigenvalue weighted by Gasteiger charge is 2.19. The van der Waals surface area contributed by atoms with Gasteiger partial charge in [-0.2, -0.15) is 5.10 Å². The van der Waals surface area contributed by atoms with Gasteiger partial charge in [-0.25, -0.2) is 0 Å². The molecule has 1 unspecified atom stereocenters. The van der Waals surface area contributed by atoms with Gasteiger partial charge in [-0.05, 0) is 12.8 Å². The van der Waals surface area contributed by atoms with E-state index in [0.29, 0.717) is 0 Å². The van der Waals surface area contributed by atoms with E-state index in [1.807, 2.05) is 6.20 Å². The van der Waals surface area contributed by atoms with Crippen molar-refractivity contribution in [2.75, 3.05) is 0 Å². The summed E-state index contributed by atoms with van der Waals surface area (Å²) in [6.45, 7) is 0. The Kier molecular flexibility index (Phi) is 3.86. The zero-order valence-electron chi connectivity index (χ0n) is 5.91. The first-order valence-electron chi connectivity index (χ1n) is 3.15. The van der Waals surface area contributed by atoms with Crippen LogP contribution in [0.25, 0.3) is 0 Å². The van der Waals surface area contributed by atoms with E-state index in [4.69, 9.17) is 5.73 Å². The molecule has 1 aliphatic carbocycles. The maximum atomic E-state index is 5.73. The van der Waals surface area contributed by atoms with E-state index in [-0.39, 0.29) is 30.9 Å². The number of aryl methyl sites for hydroxylation is 1. The molecule has 2 rings (SSSR count). The van der Waals surface area contributed by atoms with Gasteiger partial charge in [-0.1, -0.05) is 0 Å².